The molecule has 0 aromatic carbocycles. The van der Waals surface area contributed by atoms with Crippen molar-refractivity contribution in [2.24, 2.45) is 0 Å². The Morgan fingerprint density at radius 3 is 2.50 bits per heavy atom. The number of aromatic nitrogens is 1. The Hall–Kier alpha value is -2.19. The number of carboxylic acid groups (broad SMARTS) is 1. The second kappa shape index (κ2) is 4.13. The highest BCUT2D eigenvalue weighted by Crippen LogP contribution is 2.32. The number of hydrogen-bond donors (Lipinski definition) is 1. The topological polar surface area (TPSA) is 93.3 Å². The first-order chi connectivity index (χ1) is 7.36. The van der Waals surface area contributed by atoms with Crippen molar-refractivity contribution >= 4 is 11.7 Å². The minimum Gasteiger partial charge on any atom is -0.477 e. The van der Waals surface area contributed by atoms with E-state index in [9.17, 15) is 28.1 Å². The SMILES string of the molecule is O=C(O)c1c(F)ncc(C(F)F)c1[N+](=O)[O-]. The van der Waals surface area contributed by atoms with Crippen molar-refractivity contribution in [2.45, 2.75) is 6.43 Å². The zero-order valence-electron chi connectivity index (χ0n) is 7.35. The molecule has 0 unspecified atom stereocenters. The van der Waals surface area contributed by atoms with Gasteiger partial charge in [0.05, 0.1) is 4.92 Å². The summed E-state index contributed by atoms with van der Waals surface area (Å²) in [6.45, 7) is 0. The molecule has 86 valence electrons. The van der Waals surface area contributed by atoms with Crippen LogP contribution in [0.4, 0.5) is 18.9 Å². The molecule has 0 atom stereocenters. The summed E-state index contributed by atoms with van der Waals surface area (Å²) >= 11 is 0. The number of rotatable bonds is 3. The summed E-state index contributed by atoms with van der Waals surface area (Å²) in [7, 11) is 0. The molecular weight excluding hydrogens is 233 g/mol. The summed E-state index contributed by atoms with van der Waals surface area (Å²) in [6.07, 6.45) is -3.07. The van der Waals surface area contributed by atoms with Crippen LogP contribution in [0.2, 0.25) is 0 Å². The lowest BCUT2D eigenvalue weighted by Gasteiger charge is -2.04. The maximum absolute atomic E-state index is 12.9. The van der Waals surface area contributed by atoms with E-state index in [1.807, 2.05) is 0 Å². The normalized spacial score (nSPS) is 10.5. The van der Waals surface area contributed by atoms with Gasteiger partial charge in [0, 0.05) is 6.20 Å². The highest BCUT2D eigenvalue weighted by atomic mass is 19.3. The highest BCUT2D eigenvalue weighted by Gasteiger charge is 2.33. The number of halogens is 3. The lowest BCUT2D eigenvalue weighted by molar-refractivity contribution is -0.386. The van der Waals surface area contributed by atoms with Crippen LogP contribution in [0.1, 0.15) is 22.3 Å². The van der Waals surface area contributed by atoms with Crippen molar-refractivity contribution in [1.82, 2.24) is 4.98 Å². The molecule has 0 spiro atoms. The molecule has 0 saturated carbocycles. The third kappa shape index (κ3) is 1.92. The predicted octanol–water partition coefficient (Wildman–Crippen LogP) is 1.76. The summed E-state index contributed by atoms with van der Waals surface area (Å²) in [5.41, 5.74) is -4.18. The van der Waals surface area contributed by atoms with E-state index in [0.717, 1.165) is 0 Å². The summed E-state index contributed by atoms with van der Waals surface area (Å²) in [4.78, 5) is 22.3. The van der Waals surface area contributed by atoms with Gasteiger partial charge in [-0.05, 0) is 0 Å². The molecule has 1 N–H and O–H groups in total. The number of carbonyl (C=O) groups is 1. The molecule has 1 rings (SSSR count). The molecule has 0 aliphatic rings. The van der Waals surface area contributed by atoms with Crippen LogP contribution in [-0.4, -0.2) is 21.0 Å². The van der Waals surface area contributed by atoms with Crippen molar-refractivity contribution in [3.63, 3.8) is 0 Å². The van der Waals surface area contributed by atoms with Gasteiger partial charge in [0.25, 0.3) is 12.1 Å². The van der Waals surface area contributed by atoms with Crippen LogP contribution in [0, 0.1) is 16.1 Å². The van der Waals surface area contributed by atoms with Crippen LogP contribution in [0.15, 0.2) is 6.20 Å². The van der Waals surface area contributed by atoms with E-state index in [1.54, 1.807) is 0 Å². The zero-order valence-corrected chi connectivity index (χ0v) is 7.35. The van der Waals surface area contributed by atoms with Gasteiger partial charge in [0.2, 0.25) is 5.95 Å². The van der Waals surface area contributed by atoms with E-state index >= 15 is 0 Å². The number of hydrogen-bond acceptors (Lipinski definition) is 4. The fourth-order valence-corrected chi connectivity index (χ4v) is 1.04. The number of nitrogens with zero attached hydrogens (tertiary/aromatic N) is 2. The molecule has 0 radical (unpaired) electrons. The first-order valence-corrected chi connectivity index (χ1v) is 3.70. The Morgan fingerprint density at radius 2 is 2.12 bits per heavy atom. The zero-order chi connectivity index (χ0) is 12.5. The van der Waals surface area contributed by atoms with E-state index in [4.69, 9.17) is 5.11 Å². The monoisotopic (exact) mass is 236 g/mol. The number of nitro groups is 1. The van der Waals surface area contributed by atoms with Crippen molar-refractivity contribution in [3.8, 4) is 0 Å². The molecule has 9 heteroatoms. The van der Waals surface area contributed by atoms with Crippen LogP contribution in [0.5, 0.6) is 0 Å². The standard InChI is InChI=1S/C7H3F3N2O4/c8-5(9)2-1-11-6(10)3(7(13)14)4(2)12(15)16/h1,5H,(H,13,14). The molecule has 1 heterocycles. The maximum Gasteiger partial charge on any atom is 0.347 e. The van der Waals surface area contributed by atoms with E-state index in [-0.39, 0.29) is 6.20 Å². The Kier molecular flexibility index (Phi) is 3.06. The molecule has 0 amide bonds. The molecule has 0 saturated heterocycles. The molecule has 0 bridgehead atoms. The summed E-state index contributed by atoms with van der Waals surface area (Å²) in [5.74, 6) is -3.71. The van der Waals surface area contributed by atoms with Crippen LogP contribution in [0.3, 0.4) is 0 Å². The minimum atomic E-state index is -3.31. The molecular formula is C7H3F3N2O4. The minimum absolute atomic E-state index is 0.241. The van der Waals surface area contributed by atoms with E-state index in [1.165, 1.54) is 0 Å². The van der Waals surface area contributed by atoms with Gasteiger partial charge in [0.1, 0.15) is 5.56 Å². The van der Waals surface area contributed by atoms with Crippen LogP contribution in [0.25, 0.3) is 0 Å². The molecule has 0 fully saturated rings. The van der Waals surface area contributed by atoms with Crippen molar-refractivity contribution < 1.29 is 28.0 Å². The Balaban J connectivity index is 3.63. The Morgan fingerprint density at radius 1 is 1.56 bits per heavy atom. The third-order valence-electron chi connectivity index (χ3n) is 1.67. The third-order valence-corrected chi connectivity index (χ3v) is 1.67. The fourth-order valence-electron chi connectivity index (χ4n) is 1.04. The van der Waals surface area contributed by atoms with Gasteiger partial charge in [-0.15, -0.1) is 0 Å². The van der Waals surface area contributed by atoms with Gasteiger partial charge in [-0.3, -0.25) is 10.1 Å². The Labute approximate surface area is 85.5 Å². The molecule has 0 aliphatic heterocycles. The van der Waals surface area contributed by atoms with Crippen molar-refractivity contribution in [1.29, 1.82) is 0 Å². The fraction of sp³-hybridized carbons (Fsp3) is 0.143. The van der Waals surface area contributed by atoms with Gasteiger partial charge in [-0.25, -0.2) is 18.6 Å². The number of aromatic carboxylic acids is 1. The molecule has 0 aliphatic carbocycles. The Bertz CT molecular complexity index is 463. The second-order valence-corrected chi connectivity index (χ2v) is 2.59. The first-order valence-electron chi connectivity index (χ1n) is 3.70. The maximum atomic E-state index is 12.9. The number of pyridine rings is 1. The molecule has 1 aromatic heterocycles. The van der Waals surface area contributed by atoms with Crippen LogP contribution >= 0.6 is 0 Å². The van der Waals surface area contributed by atoms with E-state index < -0.39 is 40.1 Å². The lowest BCUT2D eigenvalue weighted by Crippen LogP contribution is -2.10. The van der Waals surface area contributed by atoms with E-state index in [2.05, 4.69) is 4.98 Å². The van der Waals surface area contributed by atoms with E-state index in [0.29, 0.717) is 0 Å². The smallest absolute Gasteiger partial charge is 0.347 e. The van der Waals surface area contributed by atoms with Gasteiger partial charge in [-0.2, -0.15) is 4.39 Å². The van der Waals surface area contributed by atoms with Crippen LogP contribution < -0.4 is 0 Å². The summed E-state index contributed by atoms with van der Waals surface area (Å²) < 4.78 is 37.5. The average molecular weight is 236 g/mol. The van der Waals surface area contributed by atoms with Crippen molar-refractivity contribution in [3.05, 3.63) is 33.4 Å². The van der Waals surface area contributed by atoms with Gasteiger partial charge in [-0.1, -0.05) is 0 Å². The first kappa shape index (κ1) is 11.9. The van der Waals surface area contributed by atoms with Gasteiger partial charge in [0.15, 0.2) is 5.56 Å². The molecule has 16 heavy (non-hydrogen) atoms. The predicted molar refractivity (Wildman–Crippen MR) is 42.8 cm³/mol. The lowest BCUT2D eigenvalue weighted by atomic mass is 10.1. The second-order valence-electron chi connectivity index (χ2n) is 2.59. The van der Waals surface area contributed by atoms with Crippen LogP contribution in [-0.2, 0) is 0 Å². The highest BCUT2D eigenvalue weighted by molar-refractivity contribution is 5.92. The van der Waals surface area contributed by atoms with Crippen molar-refractivity contribution in [2.75, 3.05) is 0 Å². The van der Waals surface area contributed by atoms with Gasteiger partial charge >= 0.3 is 5.97 Å². The largest absolute Gasteiger partial charge is 0.477 e. The molecule has 1 aromatic rings. The number of alkyl halides is 2. The summed E-state index contributed by atoms with van der Waals surface area (Å²) in [5, 5.41) is 18.9. The number of carboxylic acids is 1. The van der Waals surface area contributed by atoms with Gasteiger partial charge < -0.3 is 5.11 Å². The average Bonchev–Trinajstić information content (AvgIpc) is 2.15. The summed E-state index contributed by atoms with van der Waals surface area (Å²) in [6, 6.07) is 0. The quantitative estimate of drug-likeness (QED) is 0.490. The molecule has 6 nitrogen and oxygen atoms in total.